The summed E-state index contributed by atoms with van der Waals surface area (Å²) in [6, 6.07) is 6.00. The molecule has 1 aromatic rings. The van der Waals surface area contributed by atoms with Gasteiger partial charge in [0.05, 0.1) is 4.90 Å². The largest absolute Gasteiger partial charge is 0.481 e. The third kappa shape index (κ3) is 8.16. The second-order valence-corrected chi connectivity index (χ2v) is 8.09. The Kier molecular flexibility index (Phi) is 9.61. The van der Waals surface area contributed by atoms with Crippen molar-refractivity contribution in [2.45, 2.75) is 45.1 Å². The first-order chi connectivity index (χ1) is 12.3. The first-order valence-electron chi connectivity index (χ1n) is 8.88. The lowest BCUT2D eigenvalue weighted by atomic mass is 10.2. The van der Waals surface area contributed by atoms with Crippen LogP contribution in [0.25, 0.3) is 0 Å². The highest BCUT2D eigenvalue weighted by Gasteiger charge is 2.16. The number of hydrogen-bond donors (Lipinski definition) is 2. The van der Waals surface area contributed by atoms with E-state index in [0.717, 1.165) is 0 Å². The van der Waals surface area contributed by atoms with E-state index in [1.165, 1.54) is 12.1 Å². The number of carbonyl (C=O) groups excluding carboxylic acids is 1. The normalized spacial score (nSPS) is 12.8. The third-order valence-electron chi connectivity index (χ3n) is 3.46. The summed E-state index contributed by atoms with van der Waals surface area (Å²) in [5, 5.41) is 2.80. The molecule has 0 heterocycles. The molecule has 8 heteroatoms. The molecule has 0 saturated carbocycles. The molecule has 0 bridgehead atoms. The van der Waals surface area contributed by atoms with Crippen molar-refractivity contribution in [2.75, 3.05) is 26.3 Å². The van der Waals surface area contributed by atoms with Crippen molar-refractivity contribution in [1.82, 2.24) is 10.0 Å². The van der Waals surface area contributed by atoms with Crippen LogP contribution < -0.4 is 14.8 Å². The molecule has 0 radical (unpaired) electrons. The fourth-order valence-corrected chi connectivity index (χ4v) is 3.09. The topological polar surface area (TPSA) is 93.7 Å². The molecule has 148 valence electrons. The Bertz CT molecular complexity index is 644. The maximum Gasteiger partial charge on any atom is 0.260 e. The lowest BCUT2D eigenvalue weighted by Gasteiger charge is -2.16. The molecule has 2 N–H and O–H groups in total. The second kappa shape index (κ2) is 11.2. The molecule has 1 amide bonds. The molecule has 0 spiro atoms. The third-order valence-corrected chi connectivity index (χ3v) is 4.94. The zero-order chi connectivity index (χ0) is 19.6. The van der Waals surface area contributed by atoms with E-state index in [4.69, 9.17) is 9.47 Å². The van der Waals surface area contributed by atoms with Crippen molar-refractivity contribution in [3.63, 3.8) is 0 Å². The highest BCUT2D eigenvalue weighted by molar-refractivity contribution is 7.89. The van der Waals surface area contributed by atoms with Crippen LogP contribution in [0.3, 0.4) is 0 Å². The van der Waals surface area contributed by atoms with E-state index in [2.05, 4.69) is 10.0 Å². The van der Waals surface area contributed by atoms with E-state index < -0.39 is 16.1 Å². The van der Waals surface area contributed by atoms with Crippen molar-refractivity contribution in [2.24, 2.45) is 5.92 Å². The van der Waals surface area contributed by atoms with Gasteiger partial charge < -0.3 is 14.8 Å². The van der Waals surface area contributed by atoms with Crippen LogP contribution >= 0.6 is 0 Å². The highest BCUT2D eigenvalue weighted by Crippen LogP contribution is 2.17. The zero-order valence-corrected chi connectivity index (χ0v) is 16.8. The molecule has 0 fully saturated rings. The lowest BCUT2D eigenvalue weighted by molar-refractivity contribution is -0.127. The summed E-state index contributed by atoms with van der Waals surface area (Å²) in [7, 11) is -3.57. The van der Waals surface area contributed by atoms with Crippen molar-refractivity contribution in [3.05, 3.63) is 24.3 Å². The SMILES string of the molecule is CCOCCCNS(=O)(=O)c1ccc(O[C@H](C)C(=O)NCC(C)C)cc1. The van der Waals surface area contributed by atoms with E-state index >= 15 is 0 Å². The van der Waals surface area contributed by atoms with E-state index in [-0.39, 0.29) is 10.8 Å². The quantitative estimate of drug-likeness (QED) is 0.536. The average Bonchev–Trinajstić information content (AvgIpc) is 2.59. The smallest absolute Gasteiger partial charge is 0.260 e. The molecule has 26 heavy (non-hydrogen) atoms. The first-order valence-corrected chi connectivity index (χ1v) is 10.4. The molecule has 0 aliphatic rings. The van der Waals surface area contributed by atoms with E-state index in [1.54, 1.807) is 19.1 Å². The highest BCUT2D eigenvalue weighted by atomic mass is 32.2. The summed E-state index contributed by atoms with van der Waals surface area (Å²) in [4.78, 5) is 12.1. The van der Waals surface area contributed by atoms with Crippen LogP contribution in [0, 0.1) is 5.92 Å². The monoisotopic (exact) mass is 386 g/mol. The van der Waals surface area contributed by atoms with Gasteiger partial charge >= 0.3 is 0 Å². The van der Waals surface area contributed by atoms with Gasteiger partial charge in [-0.3, -0.25) is 4.79 Å². The van der Waals surface area contributed by atoms with Gasteiger partial charge in [0, 0.05) is 26.3 Å². The van der Waals surface area contributed by atoms with Crippen LogP contribution in [-0.2, 0) is 19.6 Å². The van der Waals surface area contributed by atoms with Gasteiger partial charge in [0.1, 0.15) is 5.75 Å². The summed E-state index contributed by atoms with van der Waals surface area (Å²) in [6.07, 6.45) is -0.0510. The summed E-state index contributed by atoms with van der Waals surface area (Å²) in [5.41, 5.74) is 0. The minimum absolute atomic E-state index is 0.151. The van der Waals surface area contributed by atoms with Crippen molar-refractivity contribution in [3.8, 4) is 5.75 Å². The van der Waals surface area contributed by atoms with Crippen molar-refractivity contribution < 1.29 is 22.7 Å². The molecular formula is C18H30N2O5S. The molecule has 0 aliphatic carbocycles. The van der Waals surface area contributed by atoms with Crippen molar-refractivity contribution in [1.29, 1.82) is 0 Å². The van der Waals surface area contributed by atoms with Crippen LogP contribution in [0.4, 0.5) is 0 Å². The average molecular weight is 387 g/mol. The van der Waals surface area contributed by atoms with Gasteiger partial charge in [-0.1, -0.05) is 13.8 Å². The number of rotatable bonds is 12. The van der Waals surface area contributed by atoms with Crippen molar-refractivity contribution >= 4 is 15.9 Å². The van der Waals surface area contributed by atoms with Gasteiger partial charge in [-0.05, 0) is 50.5 Å². The van der Waals surface area contributed by atoms with E-state index in [1.807, 2.05) is 20.8 Å². The lowest BCUT2D eigenvalue weighted by Crippen LogP contribution is -2.38. The molecule has 7 nitrogen and oxygen atoms in total. The molecule has 1 aromatic carbocycles. The minimum atomic E-state index is -3.57. The zero-order valence-electron chi connectivity index (χ0n) is 15.9. The predicted molar refractivity (Wildman–Crippen MR) is 101 cm³/mol. The van der Waals surface area contributed by atoms with E-state index in [9.17, 15) is 13.2 Å². The fraction of sp³-hybridized carbons (Fsp3) is 0.611. The number of ether oxygens (including phenoxy) is 2. The number of hydrogen-bond acceptors (Lipinski definition) is 5. The van der Waals surface area contributed by atoms with Gasteiger partial charge in [-0.15, -0.1) is 0 Å². The summed E-state index contributed by atoms with van der Waals surface area (Å²) < 4.78 is 37.7. The molecule has 0 unspecified atom stereocenters. The van der Waals surface area contributed by atoms with Gasteiger partial charge in [0.25, 0.3) is 5.91 Å². The van der Waals surface area contributed by atoms with Gasteiger partial charge in [0.15, 0.2) is 6.10 Å². The van der Waals surface area contributed by atoms with Crippen LogP contribution in [0.5, 0.6) is 5.75 Å². The fourth-order valence-electron chi connectivity index (χ4n) is 2.01. The summed E-state index contributed by atoms with van der Waals surface area (Å²) in [5.74, 6) is 0.593. The molecular weight excluding hydrogens is 356 g/mol. The Morgan fingerprint density at radius 2 is 1.81 bits per heavy atom. The second-order valence-electron chi connectivity index (χ2n) is 6.32. The Labute approximate surface area is 156 Å². The first kappa shape index (κ1) is 22.4. The molecule has 1 atom stereocenters. The number of sulfonamides is 1. The number of carbonyl (C=O) groups is 1. The Morgan fingerprint density at radius 3 is 2.38 bits per heavy atom. The Balaban J connectivity index is 2.55. The van der Waals surface area contributed by atoms with Crippen LogP contribution in [0.2, 0.25) is 0 Å². The summed E-state index contributed by atoms with van der Waals surface area (Å²) >= 11 is 0. The van der Waals surface area contributed by atoms with Gasteiger partial charge in [0.2, 0.25) is 10.0 Å². The number of benzene rings is 1. The van der Waals surface area contributed by atoms with Gasteiger partial charge in [-0.25, -0.2) is 13.1 Å². The van der Waals surface area contributed by atoms with Crippen LogP contribution in [0.1, 0.15) is 34.1 Å². The maximum atomic E-state index is 12.2. The Morgan fingerprint density at radius 1 is 1.15 bits per heavy atom. The Hall–Kier alpha value is -1.64. The van der Waals surface area contributed by atoms with Crippen LogP contribution in [0.15, 0.2) is 29.2 Å². The molecule has 1 rings (SSSR count). The standard InChI is InChI=1S/C18H30N2O5S/c1-5-24-12-6-11-20-26(22,23)17-9-7-16(8-10-17)25-15(4)18(21)19-13-14(2)3/h7-10,14-15,20H,5-6,11-13H2,1-4H3,(H,19,21)/t15-/m1/s1. The minimum Gasteiger partial charge on any atom is -0.481 e. The van der Waals surface area contributed by atoms with Gasteiger partial charge in [-0.2, -0.15) is 0 Å². The molecule has 0 saturated heterocycles. The summed E-state index contributed by atoms with van der Waals surface area (Å²) in [6.45, 7) is 9.59. The number of amides is 1. The maximum absolute atomic E-state index is 12.2. The van der Waals surface area contributed by atoms with Crippen LogP contribution in [-0.4, -0.2) is 46.7 Å². The molecule has 0 aromatic heterocycles. The predicted octanol–water partition coefficient (Wildman–Crippen LogP) is 1.93. The molecule has 0 aliphatic heterocycles. The number of nitrogens with one attached hydrogen (secondary N) is 2. The van der Waals surface area contributed by atoms with E-state index in [0.29, 0.717) is 44.4 Å².